The van der Waals surface area contributed by atoms with Gasteiger partial charge in [0.1, 0.15) is 5.69 Å². The highest BCUT2D eigenvalue weighted by atomic mass is 16.4. The number of aromatic carboxylic acids is 1. The molecule has 6 heteroatoms. The lowest BCUT2D eigenvalue weighted by Gasteiger charge is -2.33. The number of carbonyl (C=O) groups is 2. The van der Waals surface area contributed by atoms with Crippen LogP contribution in [0.5, 0.6) is 0 Å². The van der Waals surface area contributed by atoms with Crippen molar-refractivity contribution < 1.29 is 14.7 Å². The minimum Gasteiger partial charge on any atom is -0.478 e. The van der Waals surface area contributed by atoms with E-state index in [-0.39, 0.29) is 17.5 Å². The number of carbonyl (C=O) groups excluding carboxylic acids is 1. The van der Waals surface area contributed by atoms with Gasteiger partial charge >= 0.3 is 5.97 Å². The van der Waals surface area contributed by atoms with Crippen molar-refractivity contribution in [3.05, 3.63) is 29.1 Å². The van der Waals surface area contributed by atoms with Gasteiger partial charge in [0.25, 0.3) is 5.91 Å². The number of aromatic nitrogens is 1. The molecule has 0 aromatic carbocycles. The molecule has 1 aliphatic heterocycles. The zero-order valence-electron chi connectivity index (χ0n) is 12.4. The molecule has 0 unspecified atom stereocenters. The third-order valence-corrected chi connectivity index (χ3v) is 3.89. The number of amides is 1. The number of rotatable bonds is 4. The standard InChI is InChI=1S/C15H21N3O3/c1-3-18(11-6-8-16-9-7-11)14(19)13-5-4-12(15(20)21)10(2)17-13/h4-5,11,16H,3,6-9H2,1-2H3,(H,20,21). The number of pyridine rings is 1. The first kappa shape index (κ1) is 15.4. The molecule has 21 heavy (non-hydrogen) atoms. The zero-order valence-corrected chi connectivity index (χ0v) is 12.4. The second-order valence-corrected chi connectivity index (χ2v) is 5.21. The molecule has 114 valence electrons. The van der Waals surface area contributed by atoms with Gasteiger partial charge in [0.05, 0.1) is 11.3 Å². The lowest BCUT2D eigenvalue weighted by Crippen LogP contribution is -2.46. The molecule has 2 N–H and O–H groups in total. The van der Waals surface area contributed by atoms with E-state index in [2.05, 4.69) is 10.3 Å². The van der Waals surface area contributed by atoms with E-state index >= 15 is 0 Å². The first-order chi connectivity index (χ1) is 10.0. The fourth-order valence-electron chi connectivity index (χ4n) is 2.74. The van der Waals surface area contributed by atoms with Crippen molar-refractivity contribution in [1.29, 1.82) is 0 Å². The Kier molecular flexibility index (Phi) is 4.90. The SMILES string of the molecule is CCN(C(=O)c1ccc(C(=O)O)c(C)n1)C1CCNCC1. The van der Waals surface area contributed by atoms with E-state index in [9.17, 15) is 9.59 Å². The molecule has 1 saturated heterocycles. The molecule has 1 aliphatic rings. The van der Waals surface area contributed by atoms with Gasteiger partial charge in [-0.25, -0.2) is 9.78 Å². The Morgan fingerprint density at radius 1 is 1.38 bits per heavy atom. The molecule has 0 saturated carbocycles. The van der Waals surface area contributed by atoms with Crippen molar-refractivity contribution in [3.8, 4) is 0 Å². The largest absolute Gasteiger partial charge is 0.478 e. The molecule has 0 bridgehead atoms. The van der Waals surface area contributed by atoms with Gasteiger partial charge < -0.3 is 15.3 Å². The summed E-state index contributed by atoms with van der Waals surface area (Å²) in [5.41, 5.74) is 0.823. The fraction of sp³-hybridized carbons (Fsp3) is 0.533. The van der Waals surface area contributed by atoms with Crippen molar-refractivity contribution in [2.75, 3.05) is 19.6 Å². The molecule has 2 heterocycles. The molecule has 0 spiro atoms. The summed E-state index contributed by atoms with van der Waals surface area (Å²) in [6.45, 7) is 6.03. The first-order valence-electron chi connectivity index (χ1n) is 7.27. The minimum absolute atomic E-state index is 0.121. The van der Waals surface area contributed by atoms with Crippen molar-refractivity contribution in [1.82, 2.24) is 15.2 Å². The van der Waals surface area contributed by atoms with Crippen LogP contribution in [0.1, 0.15) is 46.3 Å². The van der Waals surface area contributed by atoms with E-state index in [0.29, 0.717) is 17.9 Å². The molecule has 1 amide bonds. The molecule has 0 aliphatic carbocycles. The van der Waals surface area contributed by atoms with E-state index in [0.717, 1.165) is 25.9 Å². The number of piperidine rings is 1. The Morgan fingerprint density at radius 2 is 2.05 bits per heavy atom. The quantitative estimate of drug-likeness (QED) is 0.874. The molecule has 2 rings (SSSR count). The molecule has 1 aromatic heterocycles. The van der Waals surface area contributed by atoms with Crippen LogP contribution < -0.4 is 5.32 Å². The fourth-order valence-corrected chi connectivity index (χ4v) is 2.74. The number of nitrogens with zero attached hydrogens (tertiary/aromatic N) is 2. The van der Waals surface area contributed by atoms with Crippen LogP contribution in [0.2, 0.25) is 0 Å². The summed E-state index contributed by atoms with van der Waals surface area (Å²) in [4.78, 5) is 29.6. The van der Waals surface area contributed by atoms with Crippen LogP contribution in [-0.4, -0.2) is 52.5 Å². The number of carboxylic acids is 1. The summed E-state index contributed by atoms with van der Waals surface area (Å²) in [5, 5.41) is 12.3. The molecule has 6 nitrogen and oxygen atoms in total. The topological polar surface area (TPSA) is 82.5 Å². The monoisotopic (exact) mass is 291 g/mol. The van der Waals surface area contributed by atoms with E-state index in [1.165, 1.54) is 12.1 Å². The van der Waals surface area contributed by atoms with Crippen LogP contribution in [0, 0.1) is 6.92 Å². The van der Waals surface area contributed by atoms with Crippen molar-refractivity contribution >= 4 is 11.9 Å². The maximum Gasteiger partial charge on any atom is 0.337 e. The molecule has 1 fully saturated rings. The Labute approximate surface area is 124 Å². The summed E-state index contributed by atoms with van der Waals surface area (Å²) in [6, 6.07) is 3.18. The van der Waals surface area contributed by atoms with Crippen LogP contribution in [0.3, 0.4) is 0 Å². The van der Waals surface area contributed by atoms with E-state index < -0.39 is 5.97 Å². The summed E-state index contributed by atoms with van der Waals surface area (Å²) in [6.07, 6.45) is 1.87. The van der Waals surface area contributed by atoms with Crippen molar-refractivity contribution in [2.24, 2.45) is 0 Å². The van der Waals surface area contributed by atoms with Gasteiger partial charge in [-0.15, -0.1) is 0 Å². The summed E-state index contributed by atoms with van der Waals surface area (Å²) < 4.78 is 0. The van der Waals surface area contributed by atoms with Gasteiger partial charge in [-0.05, 0) is 51.9 Å². The molecule has 1 aromatic rings. The van der Waals surface area contributed by atoms with Crippen LogP contribution in [0.15, 0.2) is 12.1 Å². The highest BCUT2D eigenvalue weighted by Crippen LogP contribution is 2.16. The van der Waals surface area contributed by atoms with Crippen LogP contribution >= 0.6 is 0 Å². The predicted molar refractivity (Wildman–Crippen MR) is 78.5 cm³/mol. The predicted octanol–water partition coefficient (Wildman–Crippen LogP) is 1.30. The highest BCUT2D eigenvalue weighted by molar-refractivity contribution is 5.94. The molecule has 0 atom stereocenters. The van der Waals surface area contributed by atoms with Gasteiger partial charge in [0.2, 0.25) is 0 Å². The second kappa shape index (κ2) is 6.67. The molecular weight excluding hydrogens is 270 g/mol. The Bertz CT molecular complexity index is 539. The average molecular weight is 291 g/mol. The van der Waals surface area contributed by atoms with E-state index in [4.69, 9.17) is 5.11 Å². The molecular formula is C15H21N3O3. The van der Waals surface area contributed by atoms with Crippen molar-refractivity contribution in [3.63, 3.8) is 0 Å². The van der Waals surface area contributed by atoms with E-state index in [1.807, 2.05) is 11.8 Å². The third kappa shape index (κ3) is 3.39. The van der Waals surface area contributed by atoms with Gasteiger partial charge in [0.15, 0.2) is 0 Å². The first-order valence-corrected chi connectivity index (χ1v) is 7.27. The Morgan fingerprint density at radius 3 is 2.57 bits per heavy atom. The van der Waals surface area contributed by atoms with Gasteiger partial charge in [-0.2, -0.15) is 0 Å². The van der Waals surface area contributed by atoms with Gasteiger partial charge in [-0.1, -0.05) is 0 Å². The van der Waals surface area contributed by atoms with Crippen LogP contribution in [0.25, 0.3) is 0 Å². The van der Waals surface area contributed by atoms with Crippen LogP contribution in [-0.2, 0) is 0 Å². The van der Waals surface area contributed by atoms with Gasteiger partial charge in [-0.3, -0.25) is 4.79 Å². The smallest absolute Gasteiger partial charge is 0.337 e. The lowest BCUT2D eigenvalue weighted by atomic mass is 10.0. The zero-order chi connectivity index (χ0) is 15.4. The number of carboxylic acid groups (broad SMARTS) is 1. The van der Waals surface area contributed by atoms with Crippen molar-refractivity contribution in [2.45, 2.75) is 32.7 Å². The average Bonchev–Trinajstić information content (AvgIpc) is 2.48. The normalized spacial score (nSPS) is 15.7. The third-order valence-electron chi connectivity index (χ3n) is 3.89. The Balaban J connectivity index is 2.21. The maximum absolute atomic E-state index is 12.6. The summed E-state index contributed by atoms with van der Waals surface area (Å²) in [5.74, 6) is -1.14. The number of aryl methyl sites for hydroxylation is 1. The Hall–Kier alpha value is -1.95. The maximum atomic E-state index is 12.6. The number of nitrogens with one attached hydrogen (secondary N) is 1. The highest BCUT2D eigenvalue weighted by Gasteiger charge is 2.26. The second-order valence-electron chi connectivity index (χ2n) is 5.21. The summed E-state index contributed by atoms with van der Waals surface area (Å²) >= 11 is 0. The number of hydrogen-bond donors (Lipinski definition) is 2. The lowest BCUT2D eigenvalue weighted by molar-refractivity contribution is 0.0644. The van der Waals surface area contributed by atoms with Gasteiger partial charge in [0, 0.05) is 12.6 Å². The number of hydrogen-bond acceptors (Lipinski definition) is 4. The van der Waals surface area contributed by atoms with E-state index in [1.54, 1.807) is 6.92 Å². The molecule has 0 radical (unpaired) electrons. The van der Waals surface area contributed by atoms with Crippen LogP contribution in [0.4, 0.5) is 0 Å². The minimum atomic E-state index is -1.02. The summed E-state index contributed by atoms with van der Waals surface area (Å²) in [7, 11) is 0.